The summed E-state index contributed by atoms with van der Waals surface area (Å²) in [6.07, 6.45) is 19.9. The summed E-state index contributed by atoms with van der Waals surface area (Å²) in [5.41, 5.74) is 22.6. The van der Waals surface area contributed by atoms with E-state index in [1.165, 1.54) is 138 Å². The SMILES string of the molecule is C1=CC2=C3C(=CC=C4C(c5ccc6c(c5)C5(c7ccccc7-c7ccccc75)c5c-6ccc6c(-c7cc8ccc9cccc%10ccc(c7)c8c9%10)cccc56)=CC=C(C=C2)C43)C1. The first kappa shape index (κ1) is 32.3. The van der Waals surface area contributed by atoms with Gasteiger partial charge in [-0.3, -0.25) is 0 Å². The minimum absolute atomic E-state index is 0.278. The van der Waals surface area contributed by atoms with Gasteiger partial charge in [-0.05, 0) is 162 Å². The third-order valence-electron chi connectivity index (χ3n) is 15.1. The number of hydrogen-bond donors (Lipinski definition) is 0. The molecule has 0 N–H and O–H groups in total. The van der Waals surface area contributed by atoms with Crippen LogP contribution in [0.15, 0.2) is 228 Å². The van der Waals surface area contributed by atoms with Crippen LogP contribution < -0.4 is 0 Å². The molecule has 9 aromatic rings. The van der Waals surface area contributed by atoms with Crippen LogP contribution in [-0.4, -0.2) is 0 Å². The molecule has 0 saturated carbocycles. The Morgan fingerprint density at radius 3 is 1.93 bits per heavy atom. The predicted molar refractivity (Wildman–Crippen MR) is 255 cm³/mol. The first-order chi connectivity index (χ1) is 30.2. The summed E-state index contributed by atoms with van der Waals surface area (Å²) in [4.78, 5) is 0. The van der Waals surface area contributed by atoms with E-state index in [1.807, 2.05) is 0 Å². The van der Waals surface area contributed by atoms with E-state index in [1.54, 1.807) is 0 Å². The third kappa shape index (κ3) is 3.97. The first-order valence-electron chi connectivity index (χ1n) is 21.7. The van der Waals surface area contributed by atoms with Crippen LogP contribution in [0.2, 0.25) is 0 Å². The van der Waals surface area contributed by atoms with Crippen molar-refractivity contribution in [1.82, 2.24) is 0 Å². The maximum atomic E-state index is 2.57. The van der Waals surface area contributed by atoms with E-state index in [0.717, 1.165) is 6.42 Å². The zero-order valence-corrected chi connectivity index (χ0v) is 33.3. The van der Waals surface area contributed by atoms with Gasteiger partial charge in [0.25, 0.3) is 0 Å². The van der Waals surface area contributed by atoms with Gasteiger partial charge < -0.3 is 0 Å². The lowest BCUT2D eigenvalue weighted by Crippen LogP contribution is -2.26. The van der Waals surface area contributed by atoms with Crippen LogP contribution in [0.4, 0.5) is 0 Å². The Balaban J connectivity index is 0.986. The second-order valence-corrected chi connectivity index (χ2v) is 17.8. The van der Waals surface area contributed by atoms with Crippen LogP contribution in [0.3, 0.4) is 0 Å². The van der Waals surface area contributed by atoms with Gasteiger partial charge in [-0.25, -0.2) is 0 Å². The highest BCUT2D eigenvalue weighted by Gasteiger charge is 2.52. The summed E-state index contributed by atoms with van der Waals surface area (Å²) < 4.78 is 0. The molecule has 0 nitrogen and oxygen atoms in total. The van der Waals surface area contributed by atoms with E-state index in [2.05, 4.69) is 200 Å². The molecule has 0 saturated heterocycles. The molecule has 0 bridgehead atoms. The summed E-state index contributed by atoms with van der Waals surface area (Å²) in [6.45, 7) is 0. The van der Waals surface area contributed by atoms with Crippen LogP contribution in [-0.2, 0) is 5.41 Å². The van der Waals surface area contributed by atoms with Gasteiger partial charge in [0.15, 0.2) is 0 Å². The van der Waals surface area contributed by atoms with Gasteiger partial charge in [0.2, 0.25) is 0 Å². The summed E-state index contributed by atoms with van der Waals surface area (Å²) in [7, 11) is 0. The van der Waals surface area contributed by atoms with Gasteiger partial charge in [-0.2, -0.15) is 0 Å². The van der Waals surface area contributed by atoms with Crippen molar-refractivity contribution in [1.29, 1.82) is 0 Å². The smallest absolute Gasteiger partial charge is 0.0731 e. The molecule has 0 aromatic heterocycles. The Morgan fingerprint density at radius 2 is 1.13 bits per heavy atom. The van der Waals surface area contributed by atoms with E-state index in [9.17, 15) is 0 Å². The molecule has 6 aliphatic carbocycles. The van der Waals surface area contributed by atoms with E-state index < -0.39 is 5.41 Å². The Kier molecular flexibility index (Phi) is 6.03. The van der Waals surface area contributed by atoms with Gasteiger partial charge >= 0.3 is 0 Å². The standard InChI is InChI=1S/C61H36/c1-3-16-53-47(12-1)48-13-2-4-17-54(48)61(53)55-34-40(45-27-24-39-19-18-37-10-6-11-38-25-29-50(45)59(39)57(37)38)26-28-49(55)52-31-30-46-44(14-7-15-51(46)60(52)61)43-32-41-22-20-35-8-5-9-36-21-23-42(33-43)58(41)56(35)36/h1-10,12-34,59H,11H2. The van der Waals surface area contributed by atoms with Crippen molar-refractivity contribution in [2.45, 2.75) is 11.8 Å². The van der Waals surface area contributed by atoms with Gasteiger partial charge in [-0.15, -0.1) is 0 Å². The Bertz CT molecular complexity index is 3660. The second-order valence-electron chi connectivity index (χ2n) is 17.8. The summed E-state index contributed by atoms with van der Waals surface area (Å²) in [6, 6.07) is 58.4. The van der Waals surface area contributed by atoms with Crippen molar-refractivity contribution < 1.29 is 0 Å². The molecule has 9 aromatic carbocycles. The molecule has 1 atom stereocenters. The molecule has 0 radical (unpaired) electrons. The van der Waals surface area contributed by atoms with Gasteiger partial charge in [0.1, 0.15) is 0 Å². The molecule has 0 heterocycles. The Labute approximate surface area is 354 Å². The molecule has 1 unspecified atom stereocenters. The van der Waals surface area contributed by atoms with Crippen LogP contribution in [0.25, 0.3) is 82.0 Å². The minimum atomic E-state index is -0.485. The number of rotatable bonds is 2. The highest BCUT2D eigenvalue weighted by atomic mass is 14.5. The molecule has 15 rings (SSSR count). The summed E-state index contributed by atoms with van der Waals surface area (Å²) in [5.74, 6) is 0.278. The molecule has 280 valence electrons. The molecular formula is C61H36. The molecule has 0 fully saturated rings. The highest BCUT2D eigenvalue weighted by molar-refractivity contribution is 6.24. The Morgan fingerprint density at radius 1 is 0.443 bits per heavy atom. The molecule has 61 heavy (non-hydrogen) atoms. The van der Waals surface area contributed by atoms with Crippen molar-refractivity contribution >= 4 is 48.7 Å². The fourth-order valence-electron chi connectivity index (χ4n) is 12.7. The highest BCUT2D eigenvalue weighted by Crippen LogP contribution is 2.65. The van der Waals surface area contributed by atoms with E-state index in [-0.39, 0.29) is 5.92 Å². The van der Waals surface area contributed by atoms with Gasteiger partial charge in [-0.1, -0.05) is 182 Å². The fraction of sp³-hybridized carbons (Fsp3) is 0.0492. The van der Waals surface area contributed by atoms with Crippen molar-refractivity contribution in [2.24, 2.45) is 5.92 Å². The number of fused-ring (bicyclic) bond motifs is 12. The fourth-order valence-corrected chi connectivity index (χ4v) is 12.7. The van der Waals surface area contributed by atoms with Crippen LogP contribution >= 0.6 is 0 Å². The monoisotopic (exact) mass is 768 g/mol. The second kappa shape index (κ2) is 11.4. The van der Waals surface area contributed by atoms with E-state index >= 15 is 0 Å². The molecule has 6 aliphatic rings. The zero-order valence-electron chi connectivity index (χ0n) is 33.3. The quantitative estimate of drug-likeness (QED) is 0.154. The van der Waals surface area contributed by atoms with Crippen LogP contribution in [0.1, 0.15) is 34.2 Å². The average molecular weight is 769 g/mol. The summed E-state index contributed by atoms with van der Waals surface area (Å²) in [5, 5.41) is 10.5. The Hall–Kier alpha value is -7.54. The van der Waals surface area contributed by atoms with E-state index in [0.29, 0.717) is 0 Å². The van der Waals surface area contributed by atoms with Crippen molar-refractivity contribution in [3.05, 3.63) is 256 Å². The predicted octanol–water partition coefficient (Wildman–Crippen LogP) is 15.4. The molecule has 0 amide bonds. The van der Waals surface area contributed by atoms with Crippen LogP contribution in [0, 0.1) is 5.92 Å². The molecular weight excluding hydrogens is 733 g/mol. The van der Waals surface area contributed by atoms with Gasteiger partial charge in [0.05, 0.1) is 5.41 Å². The van der Waals surface area contributed by atoms with Crippen molar-refractivity contribution in [3.8, 4) is 33.4 Å². The largest absolute Gasteiger partial charge is 0.0795 e. The molecule has 1 spiro atoms. The normalized spacial score (nSPS) is 18.3. The van der Waals surface area contributed by atoms with Crippen molar-refractivity contribution in [2.75, 3.05) is 0 Å². The first-order valence-corrected chi connectivity index (χ1v) is 21.7. The number of hydrogen-bond acceptors (Lipinski definition) is 0. The molecule has 0 heteroatoms. The maximum absolute atomic E-state index is 2.57. The molecule has 0 aliphatic heterocycles. The zero-order chi connectivity index (χ0) is 39.6. The van der Waals surface area contributed by atoms with Crippen molar-refractivity contribution in [3.63, 3.8) is 0 Å². The number of allylic oxidation sites excluding steroid dienone is 14. The minimum Gasteiger partial charge on any atom is -0.0795 e. The lowest BCUT2D eigenvalue weighted by molar-refractivity contribution is 0.800. The topological polar surface area (TPSA) is 0 Å². The summed E-state index contributed by atoms with van der Waals surface area (Å²) >= 11 is 0. The average Bonchev–Trinajstić information content (AvgIpc) is 3.79. The van der Waals surface area contributed by atoms with Gasteiger partial charge in [0, 0.05) is 5.92 Å². The lowest BCUT2D eigenvalue weighted by atomic mass is 9.66. The lowest BCUT2D eigenvalue weighted by Gasteiger charge is -2.37. The third-order valence-corrected chi connectivity index (χ3v) is 15.1. The number of benzene rings is 9. The van der Waals surface area contributed by atoms with Crippen LogP contribution in [0.5, 0.6) is 0 Å². The van der Waals surface area contributed by atoms with E-state index in [4.69, 9.17) is 0 Å². The maximum Gasteiger partial charge on any atom is 0.0731 e.